The van der Waals surface area contributed by atoms with Gasteiger partial charge in [0.1, 0.15) is 0 Å². The summed E-state index contributed by atoms with van der Waals surface area (Å²) >= 11 is 1.78. The van der Waals surface area contributed by atoms with E-state index in [0.29, 0.717) is 0 Å². The summed E-state index contributed by atoms with van der Waals surface area (Å²) < 4.78 is 5.04. The number of carbonyl (C=O) groups is 1. The van der Waals surface area contributed by atoms with Crippen LogP contribution in [-0.4, -0.2) is 17.4 Å². The second kappa shape index (κ2) is 6.49. The van der Waals surface area contributed by atoms with Gasteiger partial charge in [0.05, 0.1) is 18.6 Å². The Morgan fingerprint density at radius 2 is 2.08 bits per heavy atom. The molecule has 3 aromatic rings. The molecule has 3 heterocycles. The summed E-state index contributed by atoms with van der Waals surface area (Å²) in [7, 11) is 0. The monoisotopic (exact) mass is 335 g/mol. The zero-order valence-corrected chi connectivity index (χ0v) is 13.9. The number of fused-ring (bicyclic) bond motifs is 1. The Balaban J connectivity index is 1.67. The molecule has 0 aliphatic carbocycles. The van der Waals surface area contributed by atoms with E-state index in [1.54, 1.807) is 36.0 Å². The van der Waals surface area contributed by atoms with Gasteiger partial charge in [0.2, 0.25) is 5.91 Å². The quantitative estimate of drug-likeness (QED) is 0.659. The lowest BCUT2D eigenvalue weighted by Crippen LogP contribution is -2.39. The summed E-state index contributed by atoms with van der Waals surface area (Å²) in [6.07, 6.45) is 7.60. The highest BCUT2D eigenvalue weighted by Gasteiger charge is 2.31. The van der Waals surface area contributed by atoms with Crippen molar-refractivity contribution in [1.82, 2.24) is 4.90 Å². The van der Waals surface area contributed by atoms with Crippen LogP contribution in [0.25, 0.3) is 6.08 Å². The van der Waals surface area contributed by atoms with Gasteiger partial charge in [-0.2, -0.15) is 0 Å². The van der Waals surface area contributed by atoms with Crippen LogP contribution in [0.1, 0.15) is 27.6 Å². The first kappa shape index (κ1) is 15.0. The Hall–Kier alpha value is -2.59. The van der Waals surface area contributed by atoms with Gasteiger partial charge in [0.15, 0.2) is 0 Å². The molecule has 2 aromatic heterocycles. The molecule has 0 saturated carbocycles. The molecule has 0 saturated heterocycles. The average Bonchev–Trinajstić information content (AvgIpc) is 3.30. The predicted octanol–water partition coefficient (Wildman–Crippen LogP) is 4.53. The van der Waals surface area contributed by atoms with Crippen molar-refractivity contribution in [1.29, 1.82) is 0 Å². The molecule has 24 heavy (non-hydrogen) atoms. The number of nitrogens with zero attached hydrogens (tertiary/aromatic N) is 1. The number of benzene rings is 1. The minimum atomic E-state index is -0.0114. The maximum absolute atomic E-state index is 12.8. The SMILES string of the molecule is O=C(C=Cc1ccoc1)N1CCc2sccc2C1c1ccccc1. The van der Waals surface area contributed by atoms with E-state index in [0.717, 1.165) is 24.1 Å². The Morgan fingerprint density at radius 3 is 2.88 bits per heavy atom. The van der Waals surface area contributed by atoms with Gasteiger partial charge < -0.3 is 9.32 Å². The first-order valence-electron chi connectivity index (χ1n) is 7.95. The lowest BCUT2D eigenvalue weighted by molar-refractivity contribution is -0.127. The van der Waals surface area contributed by atoms with Gasteiger partial charge in [-0.25, -0.2) is 0 Å². The summed E-state index contributed by atoms with van der Waals surface area (Å²) in [6, 6.07) is 14.2. The van der Waals surface area contributed by atoms with Crippen LogP contribution in [0.4, 0.5) is 0 Å². The predicted molar refractivity (Wildman–Crippen MR) is 95.8 cm³/mol. The summed E-state index contributed by atoms with van der Waals surface area (Å²) in [5, 5.41) is 2.12. The maximum atomic E-state index is 12.8. The fourth-order valence-electron chi connectivity index (χ4n) is 3.18. The van der Waals surface area contributed by atoms with Crippen LogP contribution in [0.2, 0.25) is 0 Å². The summed E-state index contributed by atoms with van der Waals surface area (Å²) in [5.74, 6) is 0.0295. The molecule has 1 amide bonds. The molecule has 1 aromatic carbocycles. The fraction of sp³-hybridized carbons (Fsp3) is 0.150. The molecule has 1 aliphatic rings. The number of carbonyl (C=O) groups excluding carboxylic acids is 1. The lowest BCUT2D eigenvalue weighted by Gasteiger charge is -2.35. The Morgan fingerprint density at radius 1 is 1.21 bits per heavy atom. The smallest absolute Gasteiger partial charge is 0.247 e. The van der Waals surface area contributed by atoms with Crippen molar-refractivity contribution in [2.45, 2.75) is 12.5 Å². The number of hydrogen-bond donors (Lipinski definition) is 0. The van der Waals surface area contributed by atoms with E-state index in [9.17, 15) is 4.79 Å². The Labute approximate surface area is 144 Å². The molecule has 1 atom stereocenters. The molecule has 0 N–H and O–H groups in total. The van der Waals surface area contributed by atoms with Crippen LogP contribution in [0.15, 0.2) is 70.9 Å². The zero-order chi connectivity index (χ0) is 16.4. The Kier molecular flexibility index (Phi) is 4.05. The van der Waals surface area contributed by atoms with Gasteiger partial charge in [-0.1, -0.05) is 30.3 Å². The molecular formula is C20H17NO2S. The number of rotatable bonds is 3. The highest BCUT2D eigenvalue weighted by Crippen LogP contribution is 2.37. The third-order valence-electron chi connectivity index (χ3n) is 4.33. The van der Waals surface area contributed by atoms with E-state index in [4.69, 9.17) is 4.42 Å². The van der Waals surface area contributed by atoms with Crippen molar-refractivity contribution in [2.75, 3.05) is 6.54 Å². The van der Waals surface area contributed by atoms with Crippen molar-refractivity contribution in [3.63, 3.8) is 0 Å². The molecule has 0 radical (unpaired) electrons. The van der Waals surface area contributed by atoms with Crippen molar-refractivity contribution in [3.05, 3.63) is 88.0 Å². The van der Waals surface area contributed by atoms with E-state index < -0.39 is 0 Å². The minimum Gasteiger partial charge on any atom is -0.472 e. The fourth-order valence-corrected chi connectivity index (χ4v) is 4.09. The van der Waals surface area contributed by atoms with E-state index in [1.807, 2.05) is 29.2 Å². The van der Waals surface area contributed by atoms with Gasteiger partial charge in [-0.05, 0) is 41.1 Å². The third kappa shape index (κ3) is 2.81. The van der Waals surface area contributed by atoms with Gasteiger partial charge >= 0.3 is 0 Å². The van der Waals surface area contributed by atoms with Gasteiger partial charge in [0, 0.05) is 23.1 Å². The molecule has 4 heteroatoms. The first-order valence-corrected chi connectivity index (χ1v) is 8.83. The van der Waals surface area contributed by atoms with Gasteiger partial charge in [0.25, 0.3) is 0 Å². The number of thiophene rings is 1. The van der Waals surface area contributed by atoms with Crippen molar-refractivity contribution in [2.24, 2.45) is 0 Å². The largest absolute Gasteiger partial charge is 0.472 e. The van der Waals surface area contributed by atoms with Crippen LogP contribution in [0, 0.1) is 0 Å². The first-order chi connectivity index (χ1) is 11.8. The Bertz CT molecular complexity index is 849. The maximum Gasteiger partial charge on any atom is 0.247 e. The summed E-state index contributed by atoms with van der Waals surface area (Å²) in [5.41, 5.74) is 3.30. The van der Waals surface area contributed by atoms with E-state index >= 15 is 0 Å². The lowest BCUT2D eigenvalue weighted by atomic mass is 9.93. The van der Waals surface area contributed by atoms with E-state index in [-0.39, 0.29) is 11.9 Å². The molecule has 0 spiro atoms. The van der Waals surface area contributed by atoms with Crippen molar-refractivity contribution in [3.8, 4) is 0 Å². The highest BCUT2D eigenvalue weighted by molar-refractivity contribution is 7.10. The van der Waals surface area contributed by atoms with Crippen LogP contribution in [-0.2, 0) is 11.2 Å². The van der Waals surface area contributed by atoms with E-state index in [1.165, 1.54) is 10.4 Å². The molecule has 1 unspecified atom stereocenters. The summed E-state index contributed by atoms with van der Waals surface area (Å²) in [4.78, 5) is 16.2. The minimum absolute atomic E-state index is 0.0114. The van der Waals surface area contributed by atoms with E-state index in [2.05, 4.69) is 23.6 Å². The number of furan rings is 1. The average molecular weight is 335 g/mol. The molecule has 3 nitrogen and oxygen atoms in total. The van der Waals surface area contributed by atoms with Crippen LogP contribution < -0.4 is 0 Å². The number of amides is 1. The van der Waals surface area contributed by atoms with Crippen molar-refractivity contribution < 1.29 is 9.21 Å². The zero-order valence-electron chi connectivity index (χ0n) is 13.1. The third-order valence-corrected chi connectivity index (χ3v) is 5.32. The molecule has 4 rings (SSSR count). The molecule has 120 valence electrons. The molecular weight excluding hydrogens is 318 g/mol. The summed E-state index contributed by atoms with van der Waals surface area (Å²) in [6.45, 7) is 0.738. The standard InChI is InChI=1S/C20H17NO2S/c22-19(7-6-15-9-12-23-14-15)21-11-8-18-17(10-13-24-18)20(21)16-4-2-1-3-5-16/h1-7,9-10,12-14,20H,8,11H2. The van der Waals surface area contributed by atoms with Crippen LogP contribution >= 0.6 is 11.3 Å². The van der Waals surface area contributed by atoms with Gasteiger partial charge in [-0.3, -0.25) is 4.79 Å². The van der Waals surface area contributed by atoms with Gasteiger partial charge in [-0.15, -0.1) is 11.3 Å². The highest BCUT2D eigenvalue weighted by atomic mass is 32.1. The molecule has 0 fully saturated rings. The molecule has 1 aliphatic heterocycles. The van der Waals surface area contributed by atoms with Crippen LogP contribution in [0.5, 0.6) is 0 Å². The second-order valence-electron chi connectivity index (χ2n) is 5.78. The normalized spacial score (nSPS) is 17.2. The topological polar surface area (TPSA) is 33.5 Å². The molecule has 0 bridgehead atoms. The van der Waals surface area contributed by atoms with Crippen molar-refractivity contribution >= 4 is 23.3 Å². The van der Waals surface area contributed by atoms with Crippen LogP contribution in [0.3, 0.4) is 0 Å². The number of hydrogen-bond acceptors (Lipinski definition) is 3. The second-order valence-corrected chi connectivity index (χ2v) is 6.78.